The Morgan fingerprint density at radius 2 is 1.88 bits per heavy atom. The first-order chi connectivity index (χ1) is 11.8. The van der Waals surface area contributed by atoms with Gasteiger partial charge in [-0.05, 0) is 43.3 Å². The maximum atomic E-state index is 12.6. The number of carbonyl (C=O) groups excluding carboxylic acids is 1. The number of anilines is 1. The average Bonchev–Trinajstić information content (AvgIpc) is 2.96. The number of rotatable bonds is 6. The molecule has 0 aliphatic rings. The van der Waals surface area contributed by atoms with Crippen molar-refractivity contribution in [3.8, 4) is 0 Å². The Bertz CT molecular complexity index is 1010. The van der Waals surface area contributed by atoms with Crippen molar-refractivity contribution in [3.05, 3.63) is 54.2 Å². The molecule has 1 atom stereocenters. The zero-order valence-corrected chi connectivity index (χ0v) is 15.2. The Balaban J connectivity index is 1.74. The second-order valence-corrected chi connectivity index (χ2v) is 8.54. The molecule has 0 bridgehead atoms. The van der Waals surface area contributed by atoms with Gasteiger partial charge in [-0.3, -0.25) is 13.9 Å². The van der Waals surface area contributed by atoms with Gasteiger partial charge < -0.3 is 0 Å². The number of Topliss-reactive ketones (excluding diaryl/α,β-unsaturated/α-hetero) is 1. The van der Waals surface area contributed by atoms with Gasteiger partial charge in [0.2, 0.25) is 10.0 Å². The molecule has 130 valence electrons. The number of fused-ring (bicyclic) bond motifs is 1. The number of hydrogen-bond donors (Lipinski definition) is 1. The molecular formula is C16H16N4O3S2. The molecule has 2 heterocycles. The largest absolute Gasteiger partial charge is 0.293 e. The minimum absolute atomic E-state index is 0.0661. The molecule has 0 aliphatic heterocycles. The van der Waals surface area contributed by atoms with Crippen LogP contribution < -0.4 is 4.72 Å². The minimum Gasteiger partial charge on any atom is -0.293 e. The third kappa shape index (κ3) is 4.18. The summed E-state index contributed by atoms with van der Waals surface area (Å²) in [5, 5.41) is 8.46. The lowest BCUT2D eigenvalue weighted by Crippen LogP contribution is -2.14. The van der Waals surface area contributed by atoms with Crippen LogP contribution in [0.15, 0.2) is 53.8 Å². The van der Waals surface area contributed by atoms with Gasteiger partial charge in [0, 0.05) is 17.4 Å². The van der Waals surface area contributed by atoms with Crippen molar-refractivity contribution < 1.29 is 13.2 Å². The smallest absolute Gasteiger partial charge is 0.229 e. The number of carbonyl (C=O) groups is 1. The Morgan fingerprint density at radius 3 is 2.56 bits per heavy atom. The summed E-state index contributed by atoms with van der Waals surface area (Å²) in [5.41, 5.74) is 1.65. The second kappa shape index (κ2) is 6.85. The summed E-state index contributed by atoms with van der Waals surface area (Å²) in [7, 11) is -3.34. The molecule has 1 N–H and O–H groups in total. The van der Waals surface area contributed by atoms with Crippen LogP contribution in [0, 0.1) is 0 Å². The van der Waals surface area contributed by atoms with Crippen molar-refractivity contribution in [2.45, 2.75) is 17.3 Å². The molecule has 9 heteroatoms. The number of nitrogens with zero attached hydrogens (tertiary/aromatic N) is 3. The summed E-state index contributed by atoms with van der Waals surface area (Å²) in [6.45, 7) is 1.81. The number of pyridine rings is 1. The molecule has 0 amide bonds. The molecule has 0 saturated heterocycles. The van der Waals surface area contributed by atoms with Gasteiger partial charge in [0.1, 0.15) is 0 Å². The second-order valence-electron chi connectivity index (χ2n) is 5.49. The summed E-state index contributed by atoms with van der Waals surface area (Å²) < 4.78 is 26.6. The number of benzene rings is 1. The molecule has 0 fully saturated rings. The molecule has 0 spiro atoms. The van der Waals surface area contributed by atoms with E-state index < -0.39 is 10.0 Å². The lowest BCUT2D eigenvalue weighted by molar-refractivity contribution is 0.0994. The highest BCUT2D eigenvalue weighted by molar-refractivity contribution is 8.00. The van der Waals surface area contributed by atoms with Gasteiger partial charge in [-0.2, -0.15) is 0 Å². The topological polar surface area (TPSA) is 93.4 Å². The van der Waals surface area contributed by atoms with Crippen LogP contribution in [0.1, 0.15) is 17.3 Å². The molecule has 0 aliphatic carbocycles. The van der Waals surface area contributed by atoms with E-state index in [4.69, 9.17) is 0 Å². The third-order valence-corrected chi connectivity index (χ3v) is 5.07. The molecule has 2 aromatic heterocycles. The zero-order chi connectivity index (χ0) is 18.0. The molecule has 3 aromatic rings. The van der Waals surface area contributed by atoms with Gasteiger partial charge in [-0.15, -0.1) is 10.2 Å². The number of aromatic nitrogens is 3. The molecule has 0 saturated carbocycles. The molecular weight excluding hydrogens is 360 g/mol. The van der Waals surface area contributed by atoms with Crippen LogP contribution in [0.5, 0.6) is 0 Å². The third-order valence-electron chi connectivity index (χ3n) is 3.41. The van der Waals surface area contributed by atoms with Crippen molar-refractivity contribution >= 4 is 38.9 Å². The van der Waals surface area contributed by atoms with E-state index in [2.05, 4.69) is 14.9 Å². The van der Waals surface area contributed by atoms with E-state index in [1.807, 2.05) is 28.8 Å². The predicted molar refractivity (Wildman–Crippen MR) is 97.5 cm³/mol. The van der Waals surface area contributed by atoms with Crippen LogP contribution in [-0.4, -0.2) is 40.3 Å². The van der Waals surface area contributed by atoms with E-state index in [0.29, 0.717) is 16.4 Å². The molecule has 7 nitrogen and oxygen atoms in total. The van der Waals surface area contributed by atoms with Crippen molar-refractivity contribution in [1.29, 1.82) is 0 Å². The van der Waals surface area contributed by atoms with Gasteiger partial charge in [-0.25, -0.2) is 8.42 Å². The minimum atomic E-state index is -3.34. The molecule has 25 heavy (non-hydrogen) atoms. The number of thioether (sulfide) groups is 1. The fraction of sp³-hybridized carbons (Fsp3) is 0.188. The maximum absolute atomic E-state index is 12.6. The Labute approximate surface area is 149 Å². The summed E-state index contributed by atoms with van der Waals surface area (Å²) in [5.74, 6) is -0.0661. The highest BCUT2D eigenvalue weighted by atomic mass is 32.2. The van der Waals surface area contributed by atoms with Crippen molar-refractivity contribution in [2.24, 2.45) is 0 Å². The van der Waals surface area contributed by atoms with Gasteiger partial charge in [0.05, 0.1) is 11.5 Å². The van der Waals surface area contributed by atoms with Crippen LogP contribution in [0.4, 0.5) is 5.69 Å². The summed E-state index contributed by atoms with van der Waals surface area (Å²) >= 11 is 1.33. The Morgan fingerprint density at radius 1 is 1.16 bits per heavy atom. The maximum Gasteiger partial charge on any atom is 0.229 e. The number of ketones is 1. The van der Waals surface area contributed by atoms with Crippen molar-refractivity contribution in [3.63, 3.8) is 0 Å². The quantitative estimate of drug-likeness (QED) is 0.525. The van der Waals surface area contributed by atoms with E-state index in [-0.39, 0.29) is 11.0 Å². The molecule has 3 rings (SSSR count). The monoisotopic (exact) mass is 376 g/mol. The molecule has 0 radical (unpaired) electrons. The Kier molecular flexibility index (Phi) is 4.78. The van der Waals surface area contributed by atoms with E-state index in [1.54, 1.807) is 31.2 Å². The van der Waals surface area contributed by atoms with E-state index in [9.17, 15) is 13.2 Å². The zero-order valence-electron chi connectivity index (χ0n) is 13.6. The molecule has 1 aromatic carbocycles. The lowest BCUT2D eigenvalue weighted by atomic mass is 10.1. The first-order valence-corrected chi connectivity index (χ1v) is 10.2. The summed E-state index contributed by atoms with van der Waals surface area (Å²) in [4.78, 5) is 12.6. The van der Waals surface area contributed by atoms with Gasteiger partial charge >= 0.3 is 0 Å². The fourth-order valence-electron chi connectivity index (χ4n) is 2.26. The van der Waals surface area contributed by atoms with Crippen molar-refractivity contribution in [2.75, 3.05) is 11.0 Å². The van der Waals surface area contributed by atoms with Crippen LogP contribution in [-0.2, 0) is 10.0 Å². The average molecular weight is 376 g/mol. The highest BCUT2D eigenvalue weighted by Crippen LogP contribution is 2.25. The first kappa shape index (κ1) is 17.4. The van der Waals surface area contributed by atoms with Gasteiger partial charge in [0.15, 0.2) is 16.6 Å². The standard InChI is InChI=1S/C16H16N4O3S2/c1-11(24-16-18-17-14-5-3-4-10-20(14)16)15(21)12-6-8-13(9-7-12)19-25(2,22)23/h3-11,19H,1-2H3/t11-/m0/s1. The molecule has 0 unspecified atom stereocenters. The number of nitrogens with one attached hydrogen (secondary N) is 1. The van der Waals surface area contributed by atoms with E-state index in [1.165, 1.54) is 11.8 Å². The van der Waals surface area contributed by atoms with E-state index >= 15 is 0 Å². The summed E-state index contributed by atoms with van der Waals surface area (Å²) in [6.07, 6.45) is 2.92. The number of hydrogen-bond acceptors (Lipinski definition) is 6. The Hall–Kier alpha value is -2.39. The SMILES string of the molecule is C[C@H](Sc1nnc2ccccn12)C(=O)c1ccc(NS(C)(=O)=O)cc1. The normalized spacial score (nSPS) is 12.9. The summed E-state index contributed by atoms with van der Waals surface area (Å²) in [6, 6.07) is 11.9. The van der Waals surface area contributed by atoms with Crippen LogP contribution in [0.2, 0.25) is 0 Å². The first-order valence-electron chi connectivity index (χ1n) is 7.42. The number of sulfonamides is 1. The van der Waals surface area contributed by atoms with E-state index in [0.717, 1.165) is 11.9 Å². The van der Waals surface area contributed by atoms with Gasteiger partial charge in [-0.1, -0.05) is 17.8 Å². The van der Waals surface area contributed by atoms with Crippen LogP contribution in [0.3, 0.4) is 0 Å². The predicted octanol–water partition coefficient (Wildman–Crippen LogP) is 2.46. The van der Waals surface area contributed by atoms with Crippen molar-refractivity contribution in [1.82, 2.24) is 14.6 Å². The highest BCUT2D eigenvalue weighted by Gasteiger charge is 2.19. The van der Waals surface area contributed by atoms with Gasteiger partial charge in [0.25, 0.3) is 0 Å². The fourth-order valence-corrected chi connectivity index (χ4v) is 3.74. The van der Waals surface area contributed by atoms with Crippen LogP contribution in [0.25, 0.3) is 5.65 Å². The lowest BCUT2D eigenvalue weighted by Gasteiger charge is -2.10. The van der Waals surface area contributed by atoms with Crippen LogP contribution >= 0.6 is 11.8 Å².